The summed E-state index contributed by atoms with van der Waals surface area (Å²) in [6.07, 6.45) is 6.94. The van der Waals surface area contributed by atoms with Crippen molar-refractivity contribution >= 4 is 39.4 Å². The van der Waals surface area contributed by atoms with Crippen LogP contribution in [0.25, 0.3) is 21.9 Å². The number of hydrogen-bond donors (Lipinski definition) is 1. The Labute approximate surface area is 226 Å². The number of rotatable bonds is 7. The standard InChI is InChI=1S/C31H30N6O2/c38-29(21-36-28-18-10-9-17-27(28)34-35-36)37(25-19-23-13-7-8-16-26(23)32-20-25)30(22-11-3-1-4-12-22)31(39)33-24-14-5-2-6-15-24/h1,3-4,7-13,16-20,24,30H,2,5-6,14-15,21H2,(H,33,39)/t30-/m1/s1. The summed E-state index contributed by atoms with van der Waals surface area (Å²) in [6.45, 7) is -0.0760. The van der Waals surface area contributed by atoms with Crippen LogP contribution in [-0.2, 0) is 16.1 Å². The first-order valence-electron chi connectivity index (χ1n) is 13.5. The van der Waals surface area contributed by atoms with E-state index in [0.29, 0.717) is 11.2 Å². The summed E-state index contributed by atoms with van der Waals surface area (Å²) in [5.74, 6) is -0.478. The second-order valence-electron chi connectivity index (χ2n) is 10.0. The Balaban J connectivity index is 1.44. The minimum absolute atomic E-state index is 0.0760. The monoisotopic (exact) mass is 518 g/mol. The third-order valence-corrected chi connectivity index (χ3v) is 7.40. The molecule has 196 valence electrons. The highest BCUT2D eigenvalue weighted by atomic mass is 16.2. The van der Waals surface area contributed by atoms with E-state index in [1.165, 1.54) is 6.42 Å². The van der Waals surface area contributed by atoms with Crippen molar-refractivity contribution < 1.29 is 9.59 Å². The van der Waals surface area contributed by atoms with Crippen molar-refractivity contribution in [2.24, 2.45) is 0 Å². The Morgan fingerprint density at radius 2 is 1.62 bits per heavy atom. The Bertz CT molecular complexity index is 1610. The molecule has 8 nitrogen and oxygen atoms in total. The van der Waals surface area contributed by atoms with Crippen LogP contribution in [0.5, 0.6) is 0 Å². The molecule has 2 amide bonds. The highest BCUT2D eigenvalue weighted by Crippen LogP contribution is 2.31. The fourth-order valence-electron chi connectivity index (χ4n) is 5.45. The fraction of sp³-hybridized carbons (Fsp3) is 0.258. The maximum atomic E-state index is 14.2. The van der Waals surface area contributed by atoms with Crippen molar-refractivity contribution in [1.82, 2.24) is 25.3 Å². The van der Waals surface area contributed by atoms with Crippen molar-refractivity contribution in [1.29, 1.82) is 0 Å². The Morgan fingerprint density at radius 3 is 2.44 bits per heavy atom. The molecule has 2 aromatic heterocycles. The summed E-state index contributed by atoms with van der Waals surface area (Å²) in [6, 6.07) is 25.9. The van der Waals surface area contributed by atoms with E-state index in [-0.39, 0.29) is 24.4 Å². The number of amides is 2. The molecule has 1 atom stereocenters. The van der Waals surface area contributed by atoms with Gasteiger partial charge >= 0.3 is 0 Å². The first-order valence-corrected chi connectivity index (χ1v) is 13.5. The molecule has 1 aliphatic rings. The summed E-state index contributed by atoms with van der Waals surface area (Å²) < 4.78 is 1.58. The summed E-state index contributed by atoms with van der Waals surface area (Å²) >= 11 is 0. The van der Waals surface area contributed by atoms with E-state index in [9.17, 15) is 9.59 Å². The lowest BCUT2D eigenvalue weighted by molar-refractivity contribution is -0.127. The molecule has 2 heterocycles. The third kappa shape index (κ3) is 5.23. The van der Waals surface area contributed by atoms with Gasteiger partial charge in [0.2, 0.25) is 11.8 Å². The van der Waals surface area contributed by atoms with Crippen LogP contribution in [0.3, 0.4) is 0 Å². The number of nitrogens with zero attached hydrogens (tertiary/aromatic N) is 5. The number of hydrogen-bond acceptors (Lipinski definition) is 5. The lowest BCUT2D eigenvalue weighted by atomic mass is 9.94. The number of aromatic nitrogens is 4. The molecule has 6 rings (SSSR count). The second kappa shape index (κ2) is 11.0. The van der Waals surface area contributed by atoms with Gasteiger partial charge in [-0.15, -0.1) is 5.10 Å². The van der Waals surface area contributed by atoms with E-state index >= 15 is 0 Å². The van der Waals surface area contributed by atoms with Gasteiger partial charge in [0.25, 0.3) is 0 Å². The van der Waals surface area contributed by atoms with E-state index in [2.05, 4.69) is 20.6 Å². The van der Waals surface area contributed by atoms with Crippen LogP contribution in [0.4, 0.5) is 5.69 Å². The summed E-state index contributed by atoms with van der Waals surface area (Å²) in [4.78, 5) is 34.5. The van der Waals surface area contributed by atoms with Crippen molar-refractivity contribution in [3.8, 4) is 0 Å². The average molecular weight is 519 g/mol. The number of fused-ring (bicyclic) bond motifs is 2. The quantitative estimate of drug-likeness (QED) is 0.320. The Morgan fingerprint density at radius 1 is 0.897 bits per heavy atom. The van der Waals surface area contributed by atoms with Crippen molar-refractivity contribution in [3.63, 3.8) is 0 Å². The number of benzene rings is 3. The molecule has 8 heteroatoms. The maximum absolute atomic E-state index is 14.2. The van der Waals surface area contributed by atoms with Gasteiger partial charge in [-0.3, -0.25) is 19.5 Å². The van der Waals surface area contributed by atoms with Crippen LogP contribution < -0.4 is 10.2 Å². The summed E-state index contributed by atoms with van der Waals surface area (Å²) in [5.41, 5.74) is 3.56. The normalized spacial score (nSPS) is 14.8. The van der Waals surface area contributed by atoms with Crippen molar-refractivity contribution in [3.05, 3.63) is 96.7 Å². The highest BCUT2D eigenvalue weighted by molar-refractivity contribution is 6.02. The van der Waals surface area contributed by atoms with E-state index in [4.69, 9.17) is 0 Å². The molecule has 0 bridgehead atoms. The molecular weight excluding hydrogens is 488 g/mol. The highest BCUT2D eigenvalue weighted by Gasteiger charge is 2.34. The number of para-hydroxylation sites is 2. The average Bonchev–Trinajstić information content (AvgIpc) is 3.39. The van der Waals surface area contributed by atoms with Gasteiger partial charge in [0, 0.05) is 11.4 Å². The number of anilines is 1. The SMILES string of the molecule is O=C(NC1CCCCC1)[C@@H](c1ccccc1)N(C(=O)Cn1nnc2ccccc21)c1cnc2ccccc2c1. The van der Waals surface area contributed by atoms with Crippen molar-refractivity contribution in [2.45, 2.75) is 50.7 Å². The largest absolute Gasteiger partial charge is 0.351 e. The molecule has 1 N–H and O–H groups in total. The minimum atomic E-state index is -0.877. The molecule has 39 heavy (non-hydrogen) atoms. The molecule has 0 radical (unpaired) electrons. The molecule has 0 spiro atoms. The van der Waals surface area contributed by atoms with Gasteiger partial charge in [-0.1, -0.05) is 85.1 Å². The Kier molecular flexibility index (Phi) is 6.99. The van der Waals surface area contributed by atoms with Crippen LogP contribution >= 0.6 is 0 Å². The van der Waals surface area contributed by atoms with Crippen molar-refractivity contribution in [2.75, 3.05) is 4.90 Å². The lowest BCUT2D eigenvalue weighted by Crippen LogP contribution is -2.48. The number of carbonyl (C=O) groups is 2. The topological polar surface area (TPSA) is 93.0 Å². The molecular formula is C31H30N6O2. The first-order chi connectivity index (χ1) is 19.2. The van der Waals surface area contributed by atoms with Crippen LogP contribution in [0.15, 0.2) is 91.1 Å². The zero-order valence-electron chi connectivity index (χ0n) is 21.6. The van der Waals surface area contributed by atoms with Gasteiger partial charge in [-0.05, 0) is 42.7 Å². The Hall–Kier alpha value is -4.59. The molecule has 0 saturated heterocycles. The van der Waals surface area contributed by atoms with Crippen LogP contribution in [0.1, 0.15) is 43.7 Å². The number of pyridine rings is 1. The van der Waals surface area contributed by atoms with Gasteiger partial charge in [0.1, 0.15) is 18.1 Å². The summed E-state index contributed by atoms with van der Waals surface area (Å²) in [7, 11) is 0. The molecule has 0 unspecified atom stereocenters. The zero-order chi connectivity index (χ0) is 26.6. The zero-order valence-corrected chi connectivity index (χ0v) is 21.6. The maximum Gasteiger partial charge on any atom is 0.249 e. The number of nitrogens with one attached hydrogen (secondary N) is 1. The van der Waals surface area contributed by atoms with Gasteiger partial charge in [-0.25, -0.2) is 4.68 Å². The summed E-state index contributed by atoms with van der Waals surface area (Å²) in [5, 5.41) is 12.6. The smallest absolute Gasteiger partial charge is 0.249 e. The predicted octanol–water partition coefficient (Wildman–Crippen LogP) is 5.20. The number of carbonyl (C=O) groups excluding carboxylic acids is 2. The first kappa shape index (κ1) is 24.7. The fourth-order valence-corrected chi connectivity index (χ4v) is 5.45. The molecule has 1 fully saturated rings. The van der Waals surface area contributed by atoms with Gasteiger partial charge in [0.05, 0.1) is 22.9 Å². The van der Waals surface area contributed by atoms with E-state index < -0.39 is 6.04 Å². The van der Waals surface area contributed by atoms with Crippen LogP contribution in [-0.4, -0.2) is 37.8 Å². The van der Waals surface area contributed by atoms with Crippen LogP contribution in [0.2, 0.25) is 0 Å². The van der Waals surface area contributed by atoms with Gasteiger partial charge in [-0.2, -0.15) is 0 Å². The second-order valence-corrected chi connectivity index (χ2v) is 10.0. The van der Waals surface area contributed by atoms with Gasteiger partial charge in [0.15, 0.2) is 0 Å². The van der Waals surface area contributed by atoms with E-state index in [1.807, 2.05) is 84.9 Å². The molecule has 0 aliphatic heterocycles. The third-order valence-electron chi connectivity index (χ3n) is 7.40. The predicted molar refractivity (Wildman–Crippen MR) is 151 cm³/mol. The minimum Gasteiger partial charge on any atom is -0.351 e. The van der Waals surface area contributed by atoms with Gasteiger partial charge < -0.3 is 5.32 Å². The van der Waals surface area contributed by atoms with E-state index in [1.54, 1.807) is 15.8 Å². The molecule has 5 aromatic rings. The molecule has 1 saturated carbocycles. The van der Waals surface area contributed by atoms with Crippen LogP contribution in [0, 0.1) is 0 Å². The molecule has 3 aromatic carbocycles. The lowest BCUT2D eigenvalue weighted by Gasteiger charge is -2.33. The molecule has 1 aliphatic carbocycles. The van der Waals surface area contributed by atoms with E-state index in [0.717, 1.165) is 47.7 Å².